The van der Waals surface area contributed by atoms with Crippen LogP contribution in [0.25, 0.3) is 0 Å². The first kappa shape index (κ1) is 8.07. The van der Waals surface area contributed by atoms with Gasteiger partial charge in [0.2, 0.25) is 0 Å². The largest absolute Gasteiger partial charge is 0.317 e. The van der Waals surface area contributed by atoms with Crippen molar-refractivity contribution in [2.75, 3.05) is 0 Å². The first-order valence-electron chi connectivity index (χ1n) is 2.96. The third kappa shape index (κ3) is 1.21. The Morgan fingerprint density at radius 3 is 2.36 bits per heavy atom. The molecule has 0 unspecified atom stereocenters. The summed E-state index contributed by atoms with van der Waals surface area (Å²) >= 11 is 5.59. The van der Waals surface area contributed by atoms with Crippen LogP contribution < -0.4 is 11.1 Å². The van der Waals surface area contributed by atoms with E-state index in [-0.39, 0.29) is 5.15 Å². The van der Waals surface area contributed by atoms with Crippen LogP contribution in [0, 0.1) is 0 Å². The average Bonchev–Trinajstić information content (AvgIpc) is 1.97. The lowest BCUT2D eigenvalue weighted by Gasteiger charge is -2.01. The molecule has 0 saturated carbocycles. The van der Waals surface area contributed by atoms with Crippen LogP contribution in [0.5, 0.6) is 0 Å². The molecule has 1 aromatic rings. The lowest BCUT2D eigenvalue weighted by molar-refractivity contribution is 0.745. The Balaban J connectivity index is 3.74. The molecule has 11 heavy (non-hydrogen) atoms. The Morgan fingerprint density at radius 2 is 1.82 bits per heavy atom. The highest BCUT2D eigenvalue weighted by molar-refractivity contribution is 6.29. The van der Waals surface area contributed by atoms with E-state index in [4.69, 9.17) is 11.6 Å². The number of hydrogen-bond acceptors (Lipinski definition) is 2. The number of halogens is 1. The van der Waals surface area contributed by atoms with Crippen LogP contribution >= 0.6 is 11.6 Å². The maximum atomic E-state index is 11.0. The van der Waals surface area contributed by atoms with Crippen molar-refractivity contribution in [2.45, 2.75) is 0 Å². The van der Waals surface area contributed by atoms with Gasteiger partial charge in [-0.05, 0) is 0 Å². The van der Waals surface area contributed by atoms with E-state index in [0.717, 1.165) is 9.13 Å². The van der Waals surface area contributed by atoms with Gasteiger partial charge < -0.3 is 4.57 Å². The molecule has 0 amide bonds. The van der Waals surface area contributed by atoms with E-state index in [2.05, 4.69) is 0 Å². The van der Waals surface area contributed by atoms with Crippen LogP contribution in [0.15, 0.2) is 15.8 Å². The predicted molar refractivity (Wildman–Crippen MR) is 41.9 cm³/mol. The smallest absolute Gasteiger partial charge is 0.311 e. The molecule has 60 valence electrons. The van der Waals surface area contributed by atoms with Crippen molar-refractivity contribution in [3.63, 3.8) is 0 Å². The molecule has 4 nitrogen and oxygen atoms in total. The summed E-state index contributed by atoms with van der Waals surface area (Å²) in [6, 6.07) is 0. The summed E-state index contributed by atoms with van der Waals surface area (Å²) in [6.07, 6.45) is 1.39. The molecule has 0 aromatic carbocycles. The highest BCUT2D eigenvalue weighted by Gasteiger charge is 2.02. The lowest BCUT2D eigenvalue weighted by atomic mass is 10.6. The average molecular weight is 175 g/mol. The molecule has 0 atom stereocenters. The van der Waals surface area contributed by atoms with Crippen molar-refractivity contribution in [3.8, 4) is 0 Å². The van der Waals surface area contributed by atoms with Crippen molar-refractivity contribution < 1.29 is 0 Å². The number of aryl methyl sites for hydroxylation is 1. The van der Waals surface area contributed by atoms with Gasteiger partial charge >= 0.3 is 11.1 Å². The number of hydrogen-bond donors (Lipinski definition) is 0. The van der Waals surface area contributed by atoms with Gasteiger partial charge in [0.25, 0.3) is 0 Å². The van der Waals surface area contributed by atoms with E-state index in [0.29, 0.717) is 0 Å². The van der Waals surface area contributed by atoms with Gasteiger partial charge in [0.05, 0.1) is 0 Å². The molecule has 0 aliphatic carbocycles. The van der Waals surface area contributed by atoms with E-state index in [1.165, 1.54) is 20.3 Å². The molecule has 1 heterocycles. The predicted octanol–water partition coefficient (Wildman–Crippen LogP) is -0.263. The third-order valence-electron chi connectivity index (χ3n) is 1.43. The first-order chi connectivity index (χ1) is 5.04. The molecular formula is C6H7ClN2O2. The molecular weight excluding hydrogens is 168 g/mol. The second-order valence-electron chi connectivity index (χ2n) is 2.23. The van der Waals surface area contributed by atoms with Crippen molar-refractivity contribution >= 4 is 11.6 Å². The number of nitrogens with zero attached hydrogens (tertiary/aromatic N) is 2. The fourth-order valence-electron chi connectivity index (χ4n) is 0.696. The Morgan fingerprint density at radius 1 is 1.27 bits per heavy atom. The zero-order valence-corrected chi connectivity index (χ0v) is 6.92. The summed E-state index contributed by atoms with van der Waals surface area (Å²) in [4.78, 5) is 21.9. The van der Waals surface area contributed by atoms with E-state index in [1.807, 2.05) is 0 Å². The van der Waals surface area contributed by atoms with Gasteiger partial charge in [0.15, 0.2) is 0 Å². The topological polar surface area (TPSA) is 44.0 Å². The SMILES string of the molecule is Cn1cc(Cl)n(C)c(=O)c1=O. The fourth-order valence-corrected chi connectivity index (χ4v) is 0.920. The molecule has 5 heteroatoms. The molecule has 0 aliphatic heterocycles. The van der Waals surface area contributed by atoms with Crippen LogP contribution in [0.3, 0.4) is 0 Å². The van der Waals surface area contributed by atoms with Gasteiger partial charge in [-0.1, -0.05) is 11.6 Å². The van der Waals surface area contributed by atoms with Gasteiger partial charge in [0, 0.05) is 20.3 Å². The fraction of sp³-hybridized carbons (Fsp3) is 0.333. The molecule has 0 aliphatic rings. The normalized spacial score (nSPS) is 10.1. The first-order valence-corrected chi connectivity index (χ1v) is 3.34. The van der Waals surface area contributed by atoms with Crippen LogP contribution in [0.4, 0.5) is 0 Å². The van der Waals surface area contributed by atoms with Crippen molar-refractivity contribution in [1.29, 1.82) is 0 Å². The molecule has 0 N–H and O–H groups in total. The molecule has 0 fully saturated rings. The zero-order chi connectivity index (χ0) is 8.59. The summed E-state index contributed by atoms with van der Waals surface area (Å²) in [5, 5.41) is 0.247. The summed E-state index contributed by atoms with van der Waals surface area (Å²) < 4.78 is 2.26. The Hall–Kier alpha value is -1.03. The van der Waals surface area contributed by atoms with Crippen molar-refractivity contribution in [2.24, 2.45) is 14.1 Å². The van der Waals surface area contributed by atoms with E-state index in [9.17, 15) is 9.59 Å². The van der Waals surface area contributed by atoms with Crippen LogP contribution in [-0.2, 0) is 14.1 Å². The van der Waals surface area contributed by atoms with Crippen LogP contribution in [0.2, 0.25) is 5.15 Å². The maximum Gasteiger partial charge on any atom is 0.317 e. The molecule has 1 rings (SSSR count). The van der Waals surface area contributed by atoms with Crippen LogP contribution in [-0.4, -0.2) is 9.13 Å². The molecule has 0 radical (unpaired) electrons. The Labute approximate surface area is 67.6 Å². The summed E-state index contributed by atoms with van der Waals surface area (Å²) in [5.74, 6) is 0. The van der Waals surface area contributed by atoms with Gasteiger partial charge in [-0.15, -0.1) is 0 Å². The van der Waals surface area contributed by atoms with E-state index >= 15 is 0 Å². The number of aromatic nitrogens is 2. The summed E-state index contributed by atoms with van der Waals surface area (Å²) in [5.41, 5.74) is -1.18. The minimum absolute atomic E-state index is 0.247. The highest BCUT2D eigenvalue weighted by Crippen LogP contribution is 1.98. The van der Waals surface area contributed by atoms with E-state index in [1.54, 1.807) is 0 Å². The minimum Gasteiger partial charge on any atom is -0.311 e. The second-order valence-corrected chi connectivity index (χ2v) is 2.62. The number of rotatable bonds is 0. The van der Waals surface area contributed by atoms with E-state index < -0.39 is 11.1 Å². The second kappa shape index (κ2) is 2.54. The summed E-state index contributed by atoms with van der Waals surface area (Å²) in [6.45, 7) is 0. The Kier molecular flexibility index (Phi) is 1.87. The van der Waals surface area contributed by atoms with Gasteiger partial charge in [-0.3, -0.25) is 14.2 Å². The monoisotopic (exact) mass is 174 g/mol. The maximum absolute atomic E-state index is 11.0. The van der Waals surface area contributed by atoms with Gasteiger partial charge in [-0.2, -0.15) is 0 Å². The van der Waals surface area contributed by atoms with Crippen molar-refractivity contribution in [3.05, 3.63) is 32.1 Å². The van der Waals surface area contributed by atoms with Gasteiger partial charge in [-0.25, -0.2) is 0 Å². The molecule has 1 aromatic heterocycles. The summed E-state index contributed by atoms with van der Waals surface area (Å²) in [7, 11) is 2.93. The molecule has 0 bridgehead atoms. The highest BCUT2D eigenvalue weighted by atomic mass is 35.5. The van der Waals surface area contributed by atoms with Crippen LogP contribution in [0.1, 0.15) is 0 Å². The van der Waals surface area contributed by atoms with Gasteiger partial charge in [0.1, 0.15) is 5.15 Å². The lowest BCUT2D eigenvalue weighted by Crippen LogP contribution is -2.38. The quantitative estimate of drug-likeness (QED) is 0.509. The Bertz CT molecular complexity index is 391. The standard InChI is InChI=1S/C6H7ClN2O2/c1-8-3-4(7)9(2)6(11)5(8)10/h3H,1-2H3. The zero-order valence-electron chi connectivity index (χ0n) is 6.17. The third-order valence-corrected chi connectivity index (χ3v) is 1.78. The molecule has 0 saturated heterocycles. The molecule has 0 spiro atoms. The van der Waals surface area contributed by atoms with Crippen molar-refractivity contribution in [1.82, 2.24) is 9.13 Å². The minimum atomic E-state index is -0.611.